The first-order valence-electron chi connectivity index (χ1n) is 8.25. The lowest BCUT2D eigenvalue weighted by atomic mass is 10.1. The van der Waals surface area contributed by atoms with Crippen molar-refractivity contribution in [1.29, 1.82) is 0 Å². The number of hydrogen-bond acceptors (Lipinski definition) is 5. The molecule has 0 unspecified atom stereocenters. The summed E-state index contributed by atoms with van der Waals surface area (Å²) < 4.78 is 12.4. The van der Waals surface area contributed by atoms with Gasteiger partial charge in [0.15, 0.2) is 16.6 Å². The molecule has 0 aliphatic carbocycles. The topological polar surface area (TPSA) is 60.5 Å². The van der Waals surface area contributed by atoms with E-state index in [4.69, 9.17) is 9.47 Å². The van der Waals surface area contributed by atoms with Crippen LogP contribution in [-0.4, -0.2) is 23.6 Å². The number of amides is 1. The summed E-state index contributed by atoms with van der Waals surface area (Å²) in [5.74, 6) is 0.972. The number of thiazole rings is 1. The zero-order valence-corrected chi connectivity index (χ0v) is 14.5. The first kappa shape index (κ1) is 15.2. The number of nitrogens with one attached hydrogen (secondary N) is 1. The lowest BCUT2D eigenvalue weighted by Gasteiger charge is -2.25. The highest BCUT2D eigenvalue weighted by Crippen LogP contribution is 2.34. The summed E-state index contributed by atoms with van der Waals surface area (Å²) >= 11 is 1.47. The van der Waals surface area contributed by atoms with Crippen molar-refractivity contribution < 1.29 is 14.3 Å². The highest BCUT2D eigenvalue weighted by Gasteiger charge is 2.28. The molecule has 1 aliphatic heterocycles. The summed E-state index contributed by atoms with van der Waals surface area (Å²) in [7, 11) is 0. The maximum absolute atomic E-state index is 12.6. The van der Waals surface area contributed by atoms with E-state index in [0.29, 0.717) is 16.6 Å². The van der Waals surface area contributed by atoms with Crippen molar-refractivity contribution >= 4 is 43.4 Å². The number of carbonyl (C=O) groups is 1. The molecule has 0 bridgehead atoms. The number of benzene rings is 3. The highest BCUT2D eigenvalue weighted by molar-refractivity contribution is 7.23. The fourth-order valence-electron chi connectivity index (χ4n) is 3.04. The number of nitrogens with zero attached hydrogens (tertiary/aromatic N) is 1. The van der Waals surface area contributed by atoms with Crippen LogP contribution in [0.3, 0.4) is 0 Å². The van der Waals surface area contributed by atoms with E-state index in [1.165, 1.54) is 11.3 Å². The van der Waals surface area contributed by atoms with E-state index in [0.717, 1.165) is 21.0 Å². The average Bonchev–Trinajstić information content (AvgIpc) is 3.10. The minimum atomic E-state index is -0.700. The number of hydrogen-bond donors (Lipinski definition) is 1. The summed E-state index contributed by atoms with van der Waals surface area (Å²) in [6, 6.07) is 19.5. The van der Waals surface area contributed by atoms with Gasteiger partial charge in [-0.15, -0.1) is 0 Å². The third-order valence-electron chi connectivity index (χ3n) is 4.31. The molecule has 6 heteroatoms. The van der Waals surface area contributed by atoms with Crippen LogP contribution < -0.4 is 14.8 Å². The van der Waals surface area contributed by atoms with E-state index in [1.807, 2.05) is 42.5 Å². The van der Waals surface area contributed by atoms with Crippen LogP contribution in [0.4, 0.5) is 5.13 Å². The van der Waals surface area contributed by atoms with Gasteiger partial charge in [0.2, 0.25) is 6.10 Å². The molecule has 0 saturated heterocycles. The van der Waals surface area contributed by atoms with Gasteiger partial charge in [0, 0.05) is 5.39 Å². The fourth-order valence-corrected chi connectivity index (χ4v) is 4.05. The highest BCUT2D eigenvalue weighted by atomic mass is 32.1. The van der Waals surface area contributed by atoms with Crippen LogP contribution in [0, 0.1) is 0 Å². The van der Waals surface area contributed by atoms with Gasteiger partial charge in [-0.25, -0.2) is 4.98 Å². The smallest absolute Gasteiger partial charge is 0.270 e. The van der Waals surface area contributed by atoms with Gasteiger partial charge in [-0.2, -0.15) is 0 Å². The van der Waals surface area contributed by atoms with Crippen molar-refractivity contribution in [2.75, 3.05) is 11.9 Å². The second-order valence-corrected chi connectivity index (χ2v) is 7.01. The normalized spacial score (nSPS) is 15.9. The number of ether oxygens (including phenoxy) is 2. The van der Waals surface area contributed by atoms with Crippen LogP contribution in [0.25, 0.3) is 21.0 Å². The lowest BCUT2D eigenvalue weighted by Crippen LogP contribution is -2.40. The van der Waals surface area contributed by atoms with Crippen molar-refractivity contribution in [2.45, 2.75) is 6.10 Å². The van der Waals surface area contributed by atoms with Crippen molar-refractivity contribution in [3.63, 3.8) is 0 Å². The molecule has 5 nitrogen and oxygen atoms in total. The van der Waals surface area contributed by atoms with E-state index in [2.05, 4.69) is 22.4 Å². The van der Waals surface area contributed by atoms with E-state index >= 15 is 0 Å². The molecule has 4 aromatic rings. The first-order valence-corrected chi connectivity index (χ1v) is 9.07. The molecule has 1 N–H and O–H groups in total. The number of aromatic nitrogens is 1. The number of carbonyl (C=O) groups excluding carboxylic acids is 1. The van der Waals surface area contributed by atoms with Crippen LogP contribution in [0.2, 0.25) is 0 Å². The molecule has 26 heavy (non-hydrogen) atoms. The first-order chi connectivity index (χ1) is 12.8. The Morgan fingerprint density at radius 3 is 2.77 bits per heavy atom. The molecule has 1 aliphatic rings. The maximum atomic E-state index is 12.6. The molecule has 1 aromatic heterocycles. The third kappa shape index (κ3) is 2.55. The van der Waals surface area contributed by atoms with E-state index in [1.54, 1.807) is 6.07 Å². The van der Waals surface area contributed by atoms with Gasteiger partial charge in [0.05, 0.1) is 10.2 Å². The van der Waals surface area contributed by atoms with Crippen LogP contribution in [-0.2, 0) is 4.79 Å². The molecule has 1 atom stereocenters. The fraction of sp³-hybridized carbons (Fsp3) is 0.100. The summed E-state index contributed by atoms with van der Waals surface area (Å²) in [5.41, 5.74) is 0.871. The Morgan fingerprint density at radius 1 is 1.04 bits per heavy atom. The van der Waals surface area contributed by atoms with Gasteiger partial charge in [0.25, 0.3) is 5.91 Å². The lowest BCUT2D eigenvalue weighted by molar-refractivity contribution is -0.125. The minimum Gasteiger partial charge on any atom is -0.485 e. The van der Waals surface area contributed by atoms with Crippen molar-refractivity contribution in [2.24, 2.45) is 0 Å². The third-order valence-corrected chi connectivity index (χ3v) is 5.33. The molecule has 3 aromatic carbocycles. The Balaban J connectivity index is 1.41. The SMILES string of the molecule is O=C(Nc1nc2ccc3ccccc3c2s1)[C@@H]1COc2ccccc2O1. The molecule has 0 spiro atoms. The van der Waals surface area contributed by atoms with Crippen molar-refractivity contribution in [3.05, 3.63) is 60.7 Å². The average molecular weight is 362 g/mol. The van der Waals surface area contributed by atoms with Gasteiger partial charge >= 0.3 is 0 Å². The summed E-state index contributed by atoms with van der Waals surface area (Å²) in [4.78, 5) is 17.1. The number of fused-ring (bicyclic) bond motifs is 4. The molecule has 5 rings (SSSR count). The molecule has 0 fully saturated rings. The standard InChI is InChI=1S/C20H14N2O3S/c23-19(17-11-24-15-7-3-4-8-16(15)25-17)22-20-21-14-10-9-12-5-1-2-6-13(12)18(14)26-20/h1-10,17H,11H2,(H,21,22,23)/t17-/m0/s1. The predicted molar refractivity (Wildman–Crippen MR) is 102 cm³/mol. The molecule has 2 heterocycles. The Hall–Kier alpha value is -3.12. The van der Waals surface area contributed by atoms with Crippen molar-refractivity contribution in [3.8, 4) is 11.5 Å². The number of anilines is 1. The Morgan fingerprint density at radius 2 is 1.85 bits per heavy atom. The Bertz CT molecular complexity index is 1140. The van der Waals surface area contributed by atoms with Crippen LogP contribution in [0.15, 0.2) is 60.7 Å². The molecular weight excluding hydrogens is 348 g/mol. The predicted octanol–water partition coefficient (Wildman–Crippen LogP) is 4.23. The quantitative estimate of drug-likeness (QED) is 0.580. The summed E-state index contributed by atoms with van der Waals surface area (Å²) in [6.07, 6.45) is -0.700. The van der Waals surface area contributed by atoms with Gasteiger partial charge in [-0.1, -0.05) is 53.8 Å². The minimum absolute atomic E-state index is 0.177. The van der Waals surface area contributed by atoms with E-state index in [9.17, 15) is 4.79 Å². The van der Waals surface area contributed by atoms with E-state index in [-0.39, 0.29) is 12.5 Å². The summed E-state index contributed by atoms with van der Waals surface area (Å²) in [6.45, 7) is 0.177. The van der Waals surface area contributed by atoms with Crippen molar-refractivity contribution in [1.82, 2.24) is 4.98 Å². The largest absolute Gasteiger partial charge is 0.485 e. The molecular formula is C20H14N2O3S. The Kier molecular flexibility index (Phi) is 3.50. The van der Waals surface area contributed by atoms with Gasteiger partial charge in [-0.3, -0.25) is 10.1 Å². The Labute approximate surface area is 153 Å². The zero-order valence-electron chi connectivity index (χ0n) is 13.6. The summed E-state index contributed by atoms with van der Waals surface area (Å²) in [5, 5.41) is 5.71. The van der Waals surface area contributed by atoms with Crippen LogP contribution in [0.5, 0.6) is 11.5 Å². The van der Waals surface area contributed by atoms with E-state index < -0.39 is 6.10 Å². The zero-order chi connectivity index (χ0) is 17.5. The van der Waals surface area contributed by atoms with Gasteiger partial charge in [0.1, 0.15) is 6.61 Å². The van der Waals surface area contributed by atoms with Crippen LogP contribution in [0.1, 0.15) is 0 Å². The molecule has 0 radical (unpaired) electrons. The number of para-hydroxylation sites is 2. The van der Waals surface area contributed by atoms with Crippen LogP contribution >= 0.6 is 11.3 Å². The maximum Gasteiger partial charge on any atom is 0.270 e. The second-order valence-electron chi connectivity index (χ2n) is 6.01. The number of rotatable bonds is 2. The molecule has 0 saturated carbocycles. The van der Waals surface area contributed by atoms with Gasteiger partial charge in [-0.05, 0) is 23.6 Å². The molecule has 128 valence electrons. The van der Waals surface area contributed by atoms with Gasteiger partial charge < -0.3 is 9.47 Å². The second kappa shape index (κ2) is 6.00. The molecule has 1 amide bonds. The monoisotopic (exact) mass is 362 g/mol.